The third-order valence-electron chi connectivity index (χ3n) is 4.63. The molecule has 1 saturated heterocycles. The van der Waals surface area contributed by atoms with E-state index in [-0.39, 0.29) is 11.3 Å². The van der Waals surface area contributed by atoms with E-state index in [1.807, 2.05) is 13.0 Å². The van der Waals surface area contributed by atoms with Crippen LogP contribution in [-0.4, -0.2) is 46.4 Å². The van der Waals surface area contributed by atoms with Crippen LogP contribution in [0.2, 0.25) is 0 Å². The Hall–Kier alpha value is -1.59. The van der Waals surface area contributed by atoms with Gasteiger partial charge in [0.2, 0.25) is 5.91 Å². The molecule has 0 bridgehead atoms. The van der Waals surface area contributed by atoms with Crippen LogP contribution in [0.5, 0.6) is 5.75 Å². The number of carbonyl (C=O) groups excluding carboxylic acids is 1. The molecular formula is C18H28N2O3. The number of ether oxygens (including phenoxy) is 2. The predicted octanol–water partition coefficient (Wildman–Crippen LogP) is 1.68. The quantitative estimate of drug-likeness (QED) is 0.802. The molecule has 1 aromatic rings. The maximum Gasteiger partial charge on any atom is 0.228 e. The molecule has 23 heavy (non-hydrogen) atoms. The van der Waals surface area contributed by atoms with Crippen LogP contribution in [0.4, 0.5) is 0 Å². The lowest BCUT2D eigenvalue weighted by Crippen LogP contribution is -2.50. The van der Waals surface area contributed by atoms with Crippen molar-refractivity contribution in [3.05, 3.63) is 29.3 Å². The molecule has 128 valence electrons. The third kappa shape index (κ3) is 4.45. The lowest BCUT2D eigenvalue weighted by molar-refractivity contribution is -0.136. The van der Waals surface area contributed by atoms with Crippen molar-refractivity contribution in [3.8, 4) is 5.75 Å². The lowest BCUT2D eigenvalue weighted by atomic mass is 9.78. The fraction of sp³-hybridized carbons (Fsp3) is 0.611. The smallest absolute Gasteiger partial charge is 0.228 e. The molecular weight excluding hydrogens is 292 g/mol. The number of benzene rings is 1. The van der Waals surface area contributed by atoms with Crippen molar-refractivity contribution < 1.29 is 14.3 Å². The zero-order chi connectivity index (χ0) is 16.7. The van der Waals surface area contributed by atoms with Crippen molar-refractivity contribution in [1.82, 2.24) is 10.6 Å². The van der Waals surface area contributed by atoms with E-state index in [2.05, 4.69) is 22.8 Å². The van der Waals surface area contributed by atoms with Gasteiger partial charge in [-0.15, -0.1) is 0 Å². The van der Waals surface area contributed by atoms with Gasteiger partial charge >= 0.3 is 0 Å². The van der Waals surface area contributed by atoms with Crippen molar-refractivity contribution in [2.45, 2.75) is 26.2 Å². The van der Waals surface area contributed by atoms with Crippen LogP contribution in [0.25, 0.3) is 0 Å². The van der Waals surface area contributed by atoms with Crippen LogP contribution in [0.3, 0.4) is 0 Å². The van der Waals surface area contributed by atoms with Gasteiger partial charge in [-0.25, -0.2) is 0 Å². The molecule has 1 aliphatic rings. The van der Waals surface area contributed by atoms with Gasteiger partial charge in [0.1, 0.15) is 5.75 Å². The zero-order valence-electron chi connectivity index (χ0n) is 14.4. The van der Waals surface area contributed by atoms with Gasteiger partial charge in [-0.2, -0.15) is 0 Å². The first-order valence-corrected chi connectivity index (χ1v) is 8.23. The highest BCUT2D eigenvalue weighted by Crippen LogP contribution is 2.29. The predicted molar refractivity (Wildman–Crippen MR) is 90.9 cm³/mol. The Kier molecular flexibility index (Phi) is 6.42. The van der Waals surface area contributed by atoms with E-state index in [0.29, 0.717) is 13.2 Å². The van der Waals surface area contributed by atoms with Gasteiger partial charge in [0.15, 0.2) is 0 Å². The van der Waals surface area contributed by atoms with Gasteiger partial charge in [0.25, 0.3) is 0 Å². The summed E-state index contributed by atoms with van der Waals surface area (Å²) < 4.78 is 10.7. The summed E-state index contributed by atoms with van der Waals surface area (Å²) in [5.74, 6) is 1.00. The molecule has 1 amide bonds. The molecule has 0 unspecified atom stereocenters. The summed E-state index contributed by atoms with van der Waals surface area (Å²) in [7, 11) is 3.34. The second kappa shape index (κ2) is 8.31. The Labute approximate surface area is 138 Å². The Bertz CT molecular complexity index is 519. The second-order valence-corrected chi connectivity index (χ2v) is 6.27. The summed E-state index contributed by atoms with van der Waals surface area (Å²) in [4.78, 5) is 12.6. The molecule has 1 aromatic carbocycles. The average Bonchev–Trinajstić information content (AvgIpc) is 2.57. The van der Waals surface area contributed by atoms with Gasteiger partial charge in [-0.1, -0.05) is 12.1 Å². The first kappa shape index (κ1) is 17.8. The summed E-state index contributed by atoms with van der Waals surface area (Å²) >= 11 is 0. The summed E-state index contributed by atoms with van der Waals surface area (Å²) in [5.41, 5.74) is 1.90. The Morgan fingerprint density at radius 2 is 2.04 bits per heavy atom. The second-order valence-electron chi connectivity index (χ2n) is 6.27. The third-order valence-corrected chi connectivity index (χ3v) is 4.63. The van der Waals surface area contributed by atoms with E-state index in [9.17, 15) is 4.79 Å². The van der Waals surface area contributed by atoms with E-state index < -0.39 is 0 Å². The van der Waals surface area contributed by atoms with Crippen LogP contribution in [0.1, 0.15) is 24.0 Å². The molecule has 0 aliphatic carbocycles. The van der Waals surface area contributed by atoms with E-state index in [1.165, 1.54) is 5.56 Å². The molecule has 5 heteroatoms. The highest BCUT2D eigenvalue weighted by atomic mass is 16.5. The Morgan fingerprint density at radius 3 is 2.70 bits per heavy atom. The van der Waals surface area contributed by atoms with Crippen molar-refractivity contribution in [1.29, 1.82) is 0 Å². The molecule has 0 atom stereocenters. The highest BCUT2D eigenvalue weighted by Gasteiger charge is 2.39. The van der Waals surface area contributed by atoms with Gasteiger partial charge in [0, 0.05) is 13.7 Å². The molecule has 1 heterocycles. The van der Waals surface area contributed by atoms with Gasteiger partial charge in [0.05, 0.1) is 19.1 Å². The van der Waals surface area contributed by atoms with Crippen molar-refractivity contribution >= 4 is 5.91 Å². The number of nitrogens with one attached hydrogen (secondary N) is 2. The van der Waals surface area contributed by atoms with Crippen molar-refractivity contribution in [3.63, 3.8) is 0 Å². The maximum atomic E-state index is 12.6. The topological polar surface area (TPSA) is 59.6 Å². The fourth-order valence-electron chi connectivity index (χ4n) is 3.15. The molecule has 1 fully saturated rings. The van der Waals surface area contributed by atoms with Gasteiger partial charge < -0.3 is 20.1 Å². The van der Waals surface area contributed by atoms with Crippen LogP contribution >= 0.6 is 0 Å². The number of piperidine rings is 1. The largest absolute Gasteiger partial charge is 0.496 e. The number of hydrogen-bond donors (Lipinski definition) is 2. The molecule has 0 spiro atoms. The molecule has 2 N–H and O–H groups in total. The monoisotopic (exact) mass is 320 g/mol. The zero-order valence-corrected chi connectivity index (χ0v) is 14.4. The molecule has 2 rings (SSSR count). The number of rotatable bonds is 7. The highest BCUT2D eigenvalue weighted by molar-refractivity contribution is 5.83. The SMILES string of the molecule is COCC1(C(=O)NCCc2ccc(C)c(OC)c2)CCNCC1. The minimum Gasteiger partial charge on any atom is -0.496 e. The van der Waals surface area contributed by atoms with Gasteiger partial charge in [-0.05, 0) is 56.5 Å². The lowest BCUT2D eigenvalue weighted by Gasteiger charge is -2.35. The van der Waals surface area contributed by atoms with E-state index in [4.69, 9.17) is 9.47 Å². The van der Waals surface area contributed by atoms with E-state index in [0.717, 1.165) is 43.7 Å². The molecule has 0 aromatic heterocycles. The molecule has 5 nitrogen and oxygen atoms in total. The van der Waals surface area contributed by atoms with Crippen LogP contribution < -0.4 is 15.4 Å². The molecule has 1 aliphatic heterocycles. The average molecular weight is 320 g/mol. The minimum absolute atomic E-state index is 0.111. The first-order valence-electron chi connectivity index (χ1n) is 8.23. The van der Waals surface area contributed by atoms with Crippen molar-refractivity contribution in [2.75, 3.05) is 40.5 Å². The maximum absolute atomic E-state index is 12.6. The van der Waals surface area contributed by atoms with Crippen LogP contribution in [0.15, 0.2) is 18.2 Å². The number of methoxy groups -OCH3 is 2. The standard InChI is InChI=1S/C18H28N2O3/c1-14-4-5-15(12-16(14)23-3)6-9-20-17(21)18(13-22-2)7-10-19-11-8-18/h4-5,12,19H,6-11,13H2,1-3H3,(H,20,21). The van der Waals surface area contributed by atoms with Gasteiger partial charge in [-0.3, -0.25) is 4.79 Å². The fourth-order valence-corrected chi connectivity index (χ4v) is 3.15. The minimum atomic E-state index is -0.384. The molecule has 0 radical (unpaired) electrons. The Morgan fingerprint density at radius 1 is 1.30 bits per heavy atom. The summed E-state index contributed by atoms with van der Waals surface area (Å²) in [6.07, 6.45) is 2.44. The Balaban J connectivity index is 1.90. The van der Waals surface area contributed by atoms with E-state index >= 15 is 0 Å². The summed E-state index contributed by atoms with van der Waals surface area (Å²) in [6.45, 7) is 4.87. The number of carbonyl (C=O) groups is 1. The normalized spacial score (nSPS) is 16.8. The summed E-state index contributed by atoms with van der Waals surface area (Å²) in [5, 5.41) is 6.39. The number of amides is 1. The summed E-state index contributed by atoms with van der Waals surface area (Å²) in [6, 6.07) is 6.17. The van der Waals surface area contributed by atoms with Crippen LogP contribution in [0, 0.1) is 12.3 Å². The van der Waals surface area contributed by atoms with Crippen molar-refractivity contribution in [2.24, 2.45) is 5.41 Å². The number of hydrogen-bond acceptors (Lipinski definition) is 4. The number of aryl methyl sites for hydroxylation is 1. The molecule has 0 saturated carbocycles. The van der Waals surface area contributed by atoms with Crippen LogP contribution in [-0.2, 0) is 16.0 Å². The first-order chi connectivity index (χ1) is 11.1. The van der Waals surface area contributed by atoms with E-state index in [1.54, 1.807) is 14.2 Å².